The van der Waals surface area contributed by atoms with Crippen LogP contribution >= 0.6 is 11.8 Å². The van der Waals surface area contributed by atoms with E-state index in [0.29, 0.717) is 43.7 Å². The molecule has 0 spiro atoms. The predicted octanol–water partition coefficient (Wildman–Crippen LogP) is 12.4. The monoisotopic (exact) mass is 927 g/mol. The molecule has 4 N–H and O–H groups in total. The number of carboxylic acid groups (broad SMARTS) is 2. The summed E-state index contributed by atoms with van der Waals surface area (Å²) in [5.41, 5.74) is 0. The molecule has 0 rings (SSSR count). The molecule has 0 aromatic heterocycles. The lowest BCUT2D eigenvalue weighted by Crippen LogP contribution is -2.41. The van der Waals surface area contributed by atoms with E-state index in [2.05, 4.69) is 24.5 Å². The molecule has 0 aliphatic carbocycles. The zero-order valence-corrected chi connectivity index (χ0v) is 41.5. The van der Waals surface area contributed by atoms with Crippen LogP contribution in [0.4, 0.5) is 0 Å². The summed E-state index contributed by atoms with van der Waals surface area (Å²) in [6.45, 7) is 5.08. The number of carbonyl (C=O) groups excluding carboxylic acids is 4. The number of unbranched alkanes of at least 4 members (excludes halogenated alkanes) is 28. The van der Waals surface area contributed by atoms with Gasteiger partial charge in [0.05, 0.1) is 0 Å². The van der Waals surface area contributed by atoms with E-state index in [-0.39, 0.29) is 43.7 Å². The van der Waals surface area contributed by atoms with Crippen molar-refractivity contribution in [3.05, 3.63) is 0 Å². The normalized spacial score (nSPS) is 12.1. The number of hydrogen-bond acceptors (Lipinski definition) is 9. The summed E-state index contributed by atoms with van der Waals surface area (Å²) in [6, 6.07) is -1.21. The molecule has 13 heteroatoms. The molecule has 64 heavy (non-hydrogen) atoms. The molecule has 0 radical (unpaired) electrons. The Morgan fingerprint density at radius 2 is 0.906 bits per heavy atom. The van der Waals surface area contributed by atoms with Gasteiger partial charge in [-0.3, -0.25) is 24.0 Å². The number of carbonyl (C=O) groups is 6. The molecular weight excluding hydrogens is 833 g/mol. The summed E-state index contributed by atoms with van der Waals surface area (Å²) in [5, 5.41) is 23.3. The summed E-state index contributed by atoms with van der Waals surface area (Å²) in [6.07, 6.45) is 36.3. The summed E-state index contributed by atoms with van der Waals surface area (Å²) in [4.78, 5) is 72.0. The Morgan fingerprint density at radius 3 is 1.36 bits per heavy atom. The first-order chi connectivity index (χ1) is 31.1. The van der Waals surface area contributed by atoms with Gasteiger partial charge < -0.3 is 30.3 Å². The average molecular weight is 927 g/mol. The number of nitrogens with one attached hydrogen (secondary N) is 2. The standard InChI is InChI=1S/C51H94N2O10S/c1-3-5-7-9-11-13-15-17-19-21-23-27-31-35-49(58)62-42-44(63-50(59)36-32-28-24-22-20-18-16-14-12-10-8-6-4-2)43-64-41-39-46(54)52-40-33-29-25-26-30-34-47(55)53-45(51(60)61)37-38-48(56)57/h44-45H,3-43H2,1-2H3,(H,52,54)(H,53,55)(H,56,57)(H,60,61)/t44?,45-/m0/s1. The number of carboxylic acids is 2. The topological polar surface area (TPSA) is 185 Å². The summed E-state index contributed by atoms with van der Waals surface area (Å²) < 4.78 is 11.4. The van der Waals surface area contributed by atoms with Gasteiger partial charge in [-0.2, -0.15) is 11.8 Å². The molecule has 1 unspecified atom stereocenters. The van der Waals surface area contributed by atoms with Gasteiger partial charge in [-0.1, -0.05) is 187 Å². The largest absolute Gasteiger partial charge is 0.481 e. The van der Waals surface area contributed by atoms with E-state index in [1.54, 1.807) is 0 Å². The van der Waals surface area contributed by atoms with E-state index in [1.807, 2.05) is 0 Å². The molecule has 374 valence electrons. The van der Waals surface area contributed by atoms with Crippen molar-refractivity contribution in [3.8, 4) is 0 Å². The summed E-state index contributed by atoms with van der Waals surface area (Å²) in [7, 11) is 0. The lowest BCUT2D eigenvalue weighted by molar-refractivity contribution is -0.157. The van der Waals surface area contributed by atoms with Crippen LogP contribution in [0.15, 0.2) is 0 Å². The molecule has 0 aromatic rings. The fourth-order valence-corrected chi connectivity index (χ4v) is 8.55. The zero-order chi connectivity index (χ0) is 47.1. The minimum atomic E-state index is -1.25. The number of aliphatic carboxylic acids is 2. The quantitative estimate of drug-likeness (QED) is 0.0336. The molecule has 0 bridgehead atoms. The van der Waals surface area contributed by atoms with Crippen molar-refractivity contribution in [1.29, 1.82) is 0 Å². The molecule has 0 aliphatic rings. The Bertz CT molecular complexity index is 1170. The maximum Gasteiger partial charge on any atom is 0.326 e. The van der Waals surface area contributed by atoms with Crippen LogP contribution in [0.2, 0.25) is 0 Å². The molecule has 0 aromatic carbocycles. The number of esters is 2. The number of thioether (sulfide) groups is 1. The Hall–Kier alpha value is -2.83. The first-order valence-corrected chi connectivity index (χ1v) is 27.2. The van der Waals surface area contributed by atoms with Crippen molar-refractivity contribution in [1.82, 2.24) is 10.6 Å². The van der Waals surface area contributed by atoms with Gasteiger partial charge in [0.1, 0.15) is 18.8 Å². The molecule has 2 atom stereocenters. The highest BCUT2D eigenvalue weighted by Crippen LogP contribution is 2.17. The van der Waals surface area contributed by atoms with Gasteiger partial charge in [0.25, 0.3) is 0 Å². The Labute approximate surface area is 393 Å². The molecule has 12 nitrogen and oxygen atoms in total. The van der Waals surface area contributed by atoms with Crippen LogP contribution in [0, 0.1) is 0 Å². The van der Waals surface area contributed by atoms with Crippen LogP contribution in [0.25, 0.3) is 0 Å². The third-order valence-electron chi connectivity index (χ3n) is 11.7. The molecular formula is C51H94N2O10S. The average Bonchev–Trinajstić information content (AvgIpc) is 3.26. The highest BCUT2D eigenvalue weighted by Gasteiger charge is 2.21. The van der Waals surface area contributed by atoms with Crippen LogP contribution in [0.1, 0.15) is 251 Å². The first kappa shape index (κ1) is 61.2. The van der Waals surface area contributed by atoms with Crippen LogP contribution < -0.4 is 10.6 Å². The van der Waals surface area contributed by atoms with Gasteiger partial charge in [-0.25, -0.2) is 4.79 Å². The Balaban J connectivity index is 4.41. The SMILES string of the molecule is CCCCCCCCCCCCCCCC(=O)OCC(CSCCC(=O)NCCCCCCCC(=O)N[C@@H](CCC(=O)O)C(=O)O)OC(=O)CCCCCCCCCCCCCCC. The number of amides is 2. The molecule has 0 aliphatic heterocycles. The maximum atomic E-state index is 12.8. The van der Waals surface area contributed by atoms with E-state index in [0.717, 1.165) is 64.2 Å². The fraction of sp³-hybridized carbons (Fsp3) is 0.882. The number of ether oxygens (including phenoxy) is 2. The van der Waals surface area contributed by atoms with E-state index in [4.69, 9.17) is 14.6 Å². The highest BCUT2D eigenvalue weighted by molar-refractivity contribution is 7.99. The minimum Gasteiger partial charge on any atom is -0.481 e. The van der Waals surface area contributed by atoms with Gasteiger partial charge in [0.15, 0.2) is 0 Å². The lowest BCUT2D eigenvalue weighted by atomic mass is 10.0. The van der Waals surface area contributed by atoms with Crippen molar-refractivity contribution in [3.63, 3.8) is 0 Å². The highest BCUT2D eigenvalue weighted by atomic mass is 32.2. The van der Waals surface area contributed by atoms with Gasteiger partial charge in [-0.05, 0) is 32.1 Å². The van der Waals surface area contributed by atoms with E-state index in [9.17, 15) is 33.9 Å². The van der Waals surface area contributed by atoms with Gasteiger partial charge in [-0.15, -0.1) is 0 Å². The summed E-state index contributed by atoms with van der Waals surface area (Å²) in [5.74, 6) is -2.34. The summed E-state index contributed by atoms with van der Waals surface area (Å²) >= 11 is 1.51. The second-order valence-electron chi connectivity index (χ2n) is 17.9. The predicted molar refractivity (Wildman–Crippen MR) is 261 cm³/mol. The van der Waals surface area contributed by atoms with Gasteiger partial charge in [0.2, 0.25) is 11.8 Å². The van der Waals surface area contributed by atoms with E-state index >= 15 is 0 Å². The van der Waals surface area contributed by atoms with Gasteiger partial charge >= 0.3 is 23.9 Å². The van der Waals surface area contributed by atoms with Crippen LogP contribution in [-0.4, -0.2) is 82.7 Å². The third kappa shape index (κ3) is 44.4. The fourth-order valence-electron chi connectivity index (χ4n) is 7.62. The smallest absolute Gasteiger partial charge is 0.326 e. The second-order valence-corrected chi connectivity index (χ2v) is 19.0. The number of rotatable bonds is 49. The lowest BCUT2D eigenvalue weighted by Gasteiger charge is -2.18. The molecule has 0 saturated heterocycles. The van der Waals surface area contributed by atoms with Crippen LogP contribution in [-0.2, 0) is 38.2 Å². The van der Waals surface area contributed by atoms with Crippen LogP contribution in [0.3, 0.4) is 0 Å². The maximum absolute atomic E-state index is 12.8. The van der Waals surface area contributed by atoms with Crippen molar-refractivity contribution in [2.75, 3.05) is 24.7 Å². The van der Waals surface area contributed by atoms with Gasteiger partial charge in [0, 0.05) is 50.2 Å². The first-order valence-electron chi connectivity index (χ1n) is 26.0. The molecule has 2 amide bonds. The second kappa shape index (κ2) is 46.7. The molecule has 0 fully saturated rings. The van der Waals surface area contributed by atoms with E-state index in [1.165, 1.54) is 140 Å². The Kier molecular flexibility index (Phi) is 44.6. The van der Waals surface area contributed by atoms with Crippen molar-refractivity contribution in [2.45, 2.75) is 264 Å². The molecule has 0 heterocycles. The molecule has 0 saturated carbocycles. The zero-order valence-electron chi connectivity index (χ0n) is 40.7. The van der Waals surface area contributed by atoms with Crippen LogP contribution in [0.5, 0.6) is 0 Å². The van der Waals surface area contributed by atoms with Crippen molar-refractivity contribution >= 4 is 47.5 Å². The number of hydrogen-bond donors (Lipinski definition) is 4. The Morgan fingerprint density at radius 1 is 0.484 bits per heavy atom. The minimum absolute atomic E-state index is 0.0289. The third-order valence-corrected chi connectivity index (χ3v) is 12.8. The van der Waals surface area contributed by atoms with Crippen molar-refractivity contribution < 1.29 is 48.5 Å². The van der Waals surface area contributed by atoms with E-state index < -0.39 is 30.0 Å². The van der Waals surface area contributed by atoms with Crippen molar-refractivity contribution in [2.24, 2.45) is 0 Å².